The molecule has 0 fully saturated rings. The van der Waals surface area contributed by atoms with Crippen LogP contribution in [-0.4, -0.2) is 47.0 Å². The van der Waals surface area contributed by atoms with Gasteiger partial charge in [-0.05, 0) is 58.9 Å². The molecule has 35 heavy (non-hydrogen) atoms. The van der Waals surface area contributed by atoms with Crippen molar-refractivity contribution in [2.75, 3.05) is 6.54 Å². The molecule has 0 saturated carbocycles. The predicted octanol–water partition coefficient (Wildman–Crippen LogP) is 5.60. The van der Waals surface area contributed by atoms with Crippen LogP contribution in [0.4, 0.5) is 4.79 Å². The molecule has 0 aliphatic rings. The van der Waals surface area contributed by atoms with Gasteiger partial charge in [0.25, 0.3) is 0 Å². The number of hydrogen-bond acceptors (Lipinski definition) is 4. The van der Waals surface area contributed by atoms with Crippen molar-refractivity contribution in [3.8, 4) is 0 Å². The maximum absolute atomic E-state index is 14.0. The first-order valence-corrected chi connectivity index (χ1v) is 13.0. The molecule has 0 heterocycles. The van der Waals surface area contributed by atoms with Crippen LogP contribution in [0.25, 0.3) is 0 Å². The number of nitrogens with one attached hydrogen (secondary N) is 2. The molecule has 2 unspecified atom stereocenters. The van der Waals surface area contributed by atoms with E-state index in [0.717, 1.165) is 31.2 Å². The van der Waals surface area contributed by atoms with Crippen molar-refractivity contribution in [2.24, 2.45) is 5.92 Å². The maximum Gasteiger partial charge on any atom is 0.408 e. The second-order valence-electron chi connectivity index (χ2n) is 10.9. The van der Waals surface area contributed by atoms with Crippen LogP contribution >= 0.6 is 0 Å². The van der Waals surface area contributed by atoms with E-state index >= 15 is 0 Å². The van der Waals surface area contributed by atoms with E-state index in [1.165, 1.54) is 0 Å². The van der Waals surface area contributed by atoms with Gasteiger partial charge in [-0.2, -0.15) is 0 Å². The molecule has 0 bridgehead atoms. The highest BCUT2D eigenvalue weighted by Gasteiger charge is 2.36. The molecule has 2 N–H and O–H groups in total. The highest BCUT2D eigenvalue weighted by molar-refractivity contribution is 5.92. The smallest absolute Gasteiger partial charge is 0.408 e. The van der Waals surface area contributed by atoms with E-state index < -0.39 is 23.8 Å². The van der Waals surface area contributed by atoms with Crippen LogP contribution < -0.4 is 10.6 Å². The maximum atomic E-state index is 14.0. The van der Waals surface area contributed by atoms with Gasteiger partial charge in [0.05, 0.1) is 0 Å². The summed E-state index contributed by atoms with van der Waals surface area (Å²) in [4.78, 5) is 41.7. The lowest BCUT2D eigenvalue weighted by Crippen LogP contribution is -2.54. The fraction of sp³-hybridized carbons (Fsp3) is 0.679. The molecule has 0 radical (unpaired) electrons. The van der Waals surface area contributed by atoms with E-state index in [0.29, 0.717) is 13.0 Å². The molecule has 1 aromatic rings. The number of hydrogen-bond donors (Lipinski definition) is 2. The third-order valence-electron chi connectivity index (χ3n) is 5.34. The van der Waals surface area contributed by atoms with Gasteiger partial charge in [-0.25, -0.2) is 4.79 Å². The minimum absolute atomic E-state index is 0.0721. The third-order valence-corrected chi connectivity index (χ3v) is 5.34. The second-order valence-corrected chi connectivity index (χ2v) is 10.9. The average Bonchev–Trinajstić information content (AvgIpc) is 2.73. The van der Waals surface area contributed by atoms with Crippen LogP contribution in [0.5, 0.6) is 0 Å². The van der Waals surface area contributed by atoms with E-state index in [4.69, 9.17) is 4.74 Å². The van der Waals surface area contributed by atoms with Gasteiger partial charge in [0.15, 0.2) is 0 Å². The highest BCUT2D eigenvalue weighted by Crippen LogP contribution is 2.25. The molecule has 198 valence electrons. The zero-order chi connectivity index (χ0) is 26.6. The van der Waals surface area contributed by atoms with E-state index in [-0.39, 0.29) is 23.8 Å². The van der Waals surface area contributed by atoms with E-state index in [2.05, 4.69) is 17.6 Å². The number of unbranched alkanes of at least 4 members (excludes halogenated alkanes) is 3. The van der Waals surface area contributed by atoms with Gasteiger partial charge in [-0.3, -0.25) is 9.59 Å². The molecule has 0 spiro atoms. The van der Waals surface area contributed by atoms with Crippen LogP contribution in [0, 0.1) is 5.92 Å². The zero-order valence-electron chi connectivity index (χ0n) is 23.0. The lowest BCUT2D eigenvalue weighted by atomic mass is 9.98. The third kappa shape index (κ3) is 11.6. The summed E-state index contributed by atoms with van der Waals surface area (Å²) in [5, 5.41) is 5.77. The van der Waals surface area contributed by atoms with Crippen LogP contribution in [0.15, 0.2) is 30.3 Å². The van der Waals surface area contributed by atoms with Gasteiger partial charge in [0, 0.05) is 12.6 Å². The molecule has 0 aromatic heterocycles. The first-order chi connectivity index (χ1) is 16.4. The van der Waals surface area contributed by atoms with Crippen molar-refractivity contribution in [1.82, 2.24) is 15.5 Å². The molecular formula is C28H47N3O4. The summed E-state index contributed by atoms with van der Waals surface area (Å²) in [7, 11) is 0. The molecule has 3 amide bonds. The van der Waals surface area contributed by atoms with Crippen LogP contribution in [0.2, 0.25) is 0 Å². The standard InChI is InChI=1S/C28H47N3O4/c1-9-10-11-15-18-31(24(25(32)29-21(4)5)22-16-13-12-14-17-22)26(33)23(19-20(2)3)30-27(34)35-28(6,7)8/h12-14,16-17,20-21,23-24H,9-11,15,18-19H2,1-8H3,(H,29,32)(H,30,34). The average molecular weight is 490 g/mol. The Kier molecular flexibility index (Phi) is 12.8. The Hall–Kier alpha value is -2.57. The topological polar surface area (TPSA) is 87.7 Å². The monoisotopic (exact) mass is 489 g/mol. The van der Waals surface area contributed by atoms with Gasteiger partial charge in [0.1, 0.15) is 17.7 Å². The summed E-state index contributed by atoms with van der Waals surface area (Å²) < 4.78 is 5.44. The van der Waals surface area contributed by atoms with Crippen molar-refractivity contribution < 1.29 is 19.1 Å². The van der Waals surface area contributed by atoms with E-state index in [1.807, 2.05) is 58.0 Å². The number of ether oxygens (including phenoxy) is 1. The predicted molar refractivity (Wildman–Crippen MR) is 141 cm³/mol. The molecule has 0 aliphatic heterocycles. The van der Waals surface area contributed by atoms with Gasteiger partial charge in [-0.1, -0.05) is 70.4 Å². The summed E-state index contributed by atoms with van der Waals surface area (Å²) in [6.07, 6.45) is 3.67. The Labute approximate surface area is 212 Å². The highest BCUT2D eigenvalue weighted by atomic mass is 16.6. The van der Waals surface area contributed by atoms with Crippen LogP contribution in [0.3, 0.4) is 0 Å². The van der Waals surface area contributed by atoms with Crippen molar-refractivity contribution >= 4 is 17.9 Å². The summed E-state index contributed by atoms with van der Waals surface area (Å²) in [6.45, 7) is 15.7. The first kappa shape index (κ1) is 30.5. The van der Waals surface area contributed by atoms with Crippen molar-refractivity contribution in [3.63, 3.8) is 0 Å². The van der Waals surface area contributed by atoms with Crippen LogP contribution in [0.1, 0.15) is 99.1 Å². The van der Waals surface area contributed by atoms with Crippen molar-refractivity contribution in [2.45, 2.75) is 111 Å². The quantitative estimate of drug-likeness (QED) is 0.353. The number of nitrogens with zero attached hydrogens (tertiary/aromatic N) is 1. The molecule has 7 heteroatoms. The van der Waals surface area contributed by atoms with Gasteiger partial charge >= 0.3 is 6.09 Å². The lowest BCUT2D eigenvalue weighted by molar-refractivity contribution is -0.143. The second kappa shape index (κ2) is 14.7. The molecule has 2 atom stereocenters. The number of carbonyl (C=O) groups is 3. The Morgan fingerprint density at radius 3 is 2.09 bits per heavy atom. The van der Waals surface area contributed by atoms with Crippen molar-refractivity contribution in [3.05, 3.63) is 35.9 Å². The van der Waals surface area contributed by atoms with Crippen molar-refractivity contribution in [1.29, 1.82) is 0 Å². The number of alkyl carbamates (subject to hydrolysis) is 1. The number of benzene rings is 1. The number of amides is 3. The normalized spacial score (nSPS) is 13.3. The SMILES string of the molecule is CCCCCCN(C(=O)C(CC(C)C)NC(=O)OC(C)(C)C)C(C(=O)NC(C)C)c1ccccc1. The minimum atomic E-state index is -0.797. The number of carbonyl (C=O) groups excluding carboxylic acids is 3. The molecular weight excluding hydrogens is 442 g/mol. The molecule has 1 rings (SSSR count). The summed E-state index contributed by atoms with van der Waals surface area (Å²) in [5.74, 6) is -0.343. The molecule has 1 aromatic carbocycles. The summed E-state index contributed by atoms with van der Waals surface area (Å²) >= 11 is 0. The first-order valence-electron chi connectivity index (χ1n) is 13.0. The number of rotatable bonds is 13. The van der Waals surface area contributed by atoms with E-state index in [1.54, 1.807) is 25.7 Å². The Morgan fingerprint density at radius 2 is 1.57 bits per heavy atom. The Morgan fingerprint density at radius 1 is 0.943 bits per heavy atom. The van der Waals surface area contributed by atoms with Crippen LogP contribution in [-0.2, 0) is 14.3 Å². The molecule has 0 aliphatic carbocycles. The van der Waals surface area contributed by atoms with Gasteiger partial charge < -0.3 is 20.3 Å². The van der Waals surface area contributed by atoms with Gasteiger partial charge in [-0.15, -0.1) is 0 Å². The summed E-state index contributed by atoms with van der Waals surface area (Å²) in [6, 6.07) is 7.71. The fourth-order valence-corrected chi connectivity index (χ4v) is 3.89. The largest absolute Gasteiger partial charge is 0.444 e. The van der Waals surface area contributed by atoms with Gasteiger partial charge in [0.2, 0.25) is 11.8 Å². The Bertz CT molecular complexity index is 787. The molecule has 7 nitrogen and oxygen atoms in total. The zero-order valence-corrected chi connectivity index (χ0v) is 23.0. The molecule has 0 saturated heterocycles. The fourth-order valence-electron chi connectivity index (χ4n) is 3.89. The van der Waals surface area contributed by atoms with E-state index in [9.17, 15) is 14.4 Å². The Balaban J connectivity index is 3.39. The summed E-state index contributed by atoms with van der Waals surface area (Å²) in [5.41, 5.74) is 0.0639. The lowest BCUT2D eigenvalue weighted by Gasteiger charge is -2.35. The minimum Gasteiger partial charge on any atom is -0.444 e.